The molecule has 0 bridgehead atoms. The summed E-state index contributed by atoms with van der Waals surface area (Å²) in [6.07, 6.45) is 1.66. The predicted octanol–water partition coefficient (Wildman–Crippen LogP) is 2.37. The Balaban J connectivity index is 1.98. The Hall–Kier alpha value is -2.65. The van der Waals surface area contributed by atoms with Gasteiger partial charge in [-0.3, -0.25) is 9.59 Å². The third-order valence-electron chi connectivity index (χ3n) is 5.25. The number of rotatable bonds is 9. The molecule has 3 rings (SSSR count). The van der Waals surface area contributed by atoms with Crippen LogP contribution in [0.2, 0.25) is 0 Å². The third-order valence-corrected chi connectivity index (χ3v) is 6.66. The highest BCUT2D eigenvalue weighted by molar-refractivity contribution is 7.89. The second-order valence-electron chi connectivity index (χ2n) is 7.76. The lowest BCUT2D eigenvalue weighted by Gasteiger charge is -2.34. The predicted molar refractivity (Wildman–Crippen MR) is 118 cm³/mol. The second-order valence-corrected chi connectivity index (χ2v) is 9.53. The molecule has 168 valence electrons. The van der Waals surface area contributed by atoms with Crippen LogP contribution in [0.1, 0.15) is 49.8 Å². The summed E-state index contributed by atoms with van der Waals surface area (Å²) in [5, 5.41) is 0. The number of unbranched alkanes of at least 4 members (excludes halogenated alkanes) is 1. The fourth-order valence-electron chi connectivity index (χ4n) is 3.54. The van der Waals surface area contributed by atoms with Crippen LogP contribution in [0.15, 0.2) is 46.1 Å². The van der Waals surface area contributed by atoms with E-state index in [-0.39, 0.29) is 34.8 Å². The number of hydrogen-bond acceptors (Lipinski definition) is 5. The van der Waals surface area contributed by atoms with Crippen molar-refractivity contribution >= 4 is 15.9 Å². The number of ether oxygens (including phenoxy) is 1. The number of hydrogen-bond donors (Lipinski definition) is 1. The number of carbonyl (C=O) groups is 1. The molecular weight excluding hydrogens is 418 g/mol. The van der Waals surface area contributed by atoms with E-state index in [0.29, 0.717) is 25.4 Å². The molecule has 1 aliphatic rings. The van der Waals surface area contributed by atoms with Crippen molar-refractivity contribution in [3.8, 4) is 5.75 Å². The highest BCUT2D eigenvalue weighted by Crippen LogP contribution is 2.24. The number of amides is 1. The minimum Gasteiger partial charge on any atom is -0.487 e. The third kappa shape index (κ3) is 4.99. The second kappa shape index (κ2) is 9.65. The van der Waals surface area contributed by atoms with Crippen LogP contribution in [0.25, 0.3) is 0 Å². The van der Waals surface area contributed by atoms with E-state index in [9.17, 15) is 18.0 Å². The van der Waals surface area contributed by atoms with Crippen molar-refractivity contribution in [2.75, 3.05) is 13.2 Å². The Morgan fingerprint density at radius 1 is 1.13 bits per heavy atom. The van der Waals surface area contributed by atoms with Crippen LogP contribution >= 0.6 is 0 Å². The summed E-state index contributed by atoms with van der Waals surface area (Å²) in [5.41, 5.74) is 0.201. The van der Waals surface area contributed by atoms with Gasteiger partial charge < -0.3 is 14.2 Å². The highest BCUT2D eigenvalue weighted by atomic mass is 32.2. The van der Waals surface area contributed by atoms with Gasteiger partial charge in [-0.1, -0.05) is 31.5 Å². The maximum absolute atomic E-state index is 13.2. The fraction of sp³-hybridized carbons (Fsp3) is 0.455. The van der Waals surface area contributed by atoms with Gasteiger partial charge in [-0.25, -0.2) is 13.1 Å². The van der Waals surface area contributed by atoms with Crippen LogP contribution in [0.4, 0.5) is 0 Å². The smallest absolute Gasteiger partial charge is 0.274 e. The van der Waals surface area contributed by atoms with Crippen molar-refractivity contribution in [2.24, 2.45) is 0 Å². The minimum absolute atomic E-state index is 0.0277. The first-order valence-corrected chi connectivity index (χ1v) is 12.0. The van der Waals surface area contributed by atoms with Crippen LogP contribution in [-0.2, 0) is 23.1 Å². The number of fused-ring (bicyclic) bond motifs is 1. The zero-order valence-electron chi connectivity index (χ0n) is 18.1. The van der Waals surface area contributed by atoms with E-state index >= 15 is 0 Å². The summed E-state index contributed by atoms with van der Waals surface area (Å²) in [5.74, 6) is -0.240. The first-order chi connectivity index (χ1) is 14.8. The molecule has 1 aromatic carbocycles. The van der Waals surface area contributed by atoms with Crippen LogP contribution in [-0.4, -0.2) is 43.0 Å². The lowest BCUT2D eigenvalue weighted by atomic mass is 10.1. The zero-order chi connectivity index (χ0) is 22.6. The molecule has 1 aromatic heterocycles. The molecule has 0 unspecified atom stereocenters. The van der Waals surface area contributed by atoms with Gasteiger partial charge in [-0.15, -0.1) is 0 Å². The number of carbonyl (C=O) groups excluding carboxylic acids is 1. The Labute approximate surface area is 182 Å². The molecule has 0 aliphatic carbocycles. The highest BCUT2D eigenvalue weighted by Gasteiger charge is 2.32. The van der Waals surface area contributed by atoms with E-state index in [1.165, 1.54) is 18.2 Å². The van der Waals surface area contributed by atoms with Crippen LogP contribution in [0.5, 0.6) is 5.75 Å². The molecule has 0 fully saturated rings. The summed E-state index contributed by atoms with van der Waals surface area (Å²) in [6, 6.07) is 9.34. The van der Waals surface area contributed by atoms with Gasteiger partial charge in [-0.05, 0) is 32.4 Å². The van der Waals surface area contributed by atoms with Crippen LogP contribution in [0, 0.1) is 0 Å². The van der Waals surface area contributed by atoms with Crippen molar-refractivity contribution < 1.29 is 17.9 Å². The van der Waals surface area contributed by atoms with Crippen molar-refractivity contribution in [1.82, 2.24) is 14.2 Å². The van der Waals surface area contributed by atoms with E-state index in [1.54, 1.807) is 27.7 Å². The molecular formula is C22H29N3O5S. The monoisotopic (exact) mass is 447 g/mol. The van der Waals surface area contributed by atoms with Gasteiger partial charge in [0.2, 0.25) is 15.5 Å². The summed E-state index contributed by atoms with van der Waals surface area (Å²) in [4.78, 5) is 27.9. The molecule has 31 heavy (non-hydrogen) atoms. The van der Waals surface area contributed by atoms with Gasteiger partial charge >= 0.3 is 0 Å². The van der Waals surface area contributed by atoms with Gasteiger partial charge in [0.1, 0.15) is 0 Å². The molecule has 0 saturated carbocycles. The molecule has 9 heteroatoms. The maximum atomic E-state index is 13.2. The molecule has 0 saturated heterocycles. The SMILES string of the molecule is CCCCOc1c2n(c(CNS(=O)(=O)c3ccccc3)cc1=O)CCN(C(C)C)C2=O. The lowest BCUT2D eigenvalue weighted by molar-refractivity contribution is 0.0637. The summed E-state index contributed by atoms with van der Waals surface area (Å²) in [6.45, 7) is 7.00. The number of nitrogens with zero attached hydrogens (tertiary/aromatic N) is 2. The van der Waals surface area contributed by atoms with E-state index in [4.69, 9.17) is 4.74 Å². The minimum atomic E-state index is -3.76. The molecule has 0 radical (unpaired) electrons. The van der Waals surface area contributed by atoms with Crippen molar-refractivity contribution in [3.05, 3.63) is 58.0 Å². The topological polar surface area (TPSA) is 97.7 Å². The number of benzene rings is 1. The van der Waals surface area contributed by atoms with E-state index in [0.717, 1.165) is 12.8 Å². The van der Waals surface area contributed by atoms with E-state index in [2.05, 4.69) is 4.72 Å². The standard InChI is InChI=1S/C22H29N3O5S/c1-4-5-13-30-21-19(26)14-17(15-23-31(28,29)18-9-7-6-8-10-18)25-12-11-24(16(2)3)22(27)20(21)25/h6-10,14,16,23H,4-5,11-13,15H2,1-3H3. The first kappa shape index (κ1) is 23.0. The number of sulfonamides is 1. The van der Waals surface area contributed by atoms with E-state index < -0.39 is 15.5 Å². The number of aromatic nitrogens is 1. The van der Waals surface area contributed by atoms with Gasteiger partial charge in [0, 0.05) is 30.9 Å². The normalized spacial score (nSPS) is 14.1. The average Bonchev–Trinajstić information content (AvgIpc) is 2.74. The van der Waals surface area contributed by atoms with E-state index in [1.807, 2.05) is 20.8 Å². The molecule has 0 atom stereocenters. The molecule has 1 N–H and O–H groups in total. The van der Waals surface area contributed by atoms with Gasteiger partial charge in [-0.2, -0.15) is 0 Å². The van der Waals surface area contributed by atoms with Crippen molar-refractivity contribution in [3.63, 3.8) is 0 Å². The Bertz CT molecular complexity index is 1090. The average molecular weight is 448 g/mol. The Morgan fingerprint density at radius 3 is 2.48 bits per heavy atom. The summed E-state index contributed by atoms with van der Waals surface area (Å²) in [7, 11) is -3.76. The zero-order valence-corrected chi connectivity index (χ0v) is 18.9. The maximum Gasteiger partial charge on any atom is 0.274 e. The summed E-state index contributed by atoms with van der Waals surface area (Å²) >= 11 is 0. The molecule has 1 amide bonds. The Kier molecular flexibility index (Phi) is 7.17. The van der Waals surface area contributed by atoms with Gasteiger partial charge in [0.15, 0.2) is 11.4 Å². The Morgan fingerprint density at radius 2 is 1.84 bits per heavy atom. The molecule has 1 aliphatic heterocycles. The van der Waals surface area contributed by atoms with Crippen molar-refractivity contribution in [2.45, 2.75) is 57.6 Å². The van der Waals surface area contributed by atoms with Crippen molar-refractivity contribution in [1.29, 1.82) is 0 Å². The number of pyridine rings is 1. The first-order valence-electron chi connectivity index (χ1n) is 10.5. The van der Waals surface area contributed by atoms with Gasteiger partial charge in [0.25, 0.3) is 5.91 Å². The van der Waals surface area contributed by atoms with Crippen LogP contribution in [0.3, 0.4) is 0 Å². The molecule has 2 aromatic rings. The molecule has 0 spiro atoms. The quantitative estimate of drug-likeness (QED) is 0.595. The molecule has 2 heterocycles. The van der Waals surface area contributed by atoms with Gasteiger partial charge in [0.05, 0.1) is 18.0 Å². The summed E-state index contributed by atoms with van der Waals surface area (Å²) < 4.78 is 35.2. The fourth-order valence-corrected chi connectivity index (χ4v) is 4.56. The largest absolute Gasteiger partial charge is 0.487 e. The lowest BCUT2D eigenvalue weighted by Crippen LogP contribution is -2.46. The number of nitrogens with one attached hydrogen (secondary N) is 1. The van der Waals surface area contributed by atoms with Crippen LogP contribution < -0.4 is 14.9 Å². The molecule has 8 nitrogen and oxygen atoms in total.